The fourth-order valence-electron chi connectivity index (χ4n) is 3.56. The molecule has 0 radical (unpaired) electrons. The quantitative estimate of drug-likeness (QED) is 0.452. The highest BCUT2D eigenvalue weighted by atomic mass is 35.5. The average Bonchev–Trinajstić information content (AvgIpc) is 2.68. The number of halogens is 1. The highest BCUT2D eigenvalue weighted by Gasteiger charge is 2.27. The van der Waals surface area contributed by atoms with Gasteiger partial charge in [0.15, 0.2) is 6.61 Å². The van der Waals surface area contributed by atoms with E-state index in [-0.39, 0.29) is 17.4 Å². The first kappa shape index (κ1) is 24.5. The third-order valence-electron chi connectivity index (χ3n) is 4.62. The van der Waals surface area contributed by atoms with E-state index in [2.05, 4.69) is 45.5 Å². The molecule has 6 heteroatoms. The number of rotatable bonds is 7. The minimum absolute atomic E-state index is 0.0376. The van der Waals surface area contributed by atoms with E-state index in [0.717, 1.165) is 6.42 Å². The van der Waals surface area contributed by atoms with Crippen LogP contribution in [0.1, 0.15) is 52.2 Å². The molecule has 0 bridgehead atoms. The second-order valence-electron chi connectivity index (χ2n) is 9.33. The second-order valence-corrected chi connectivity index (χ2v) is 9.73. The molecule has 0 aliphatic carbocycles. The van der Waals surface area contributed by atoms with E-state index < -0.39 is 11.8 Å². The molecule has 0 aliphatic heterocycles. The van der Waals surface area contributed by atoms with Crippen LogP contribution in [0.2, 0.25) is 5.02 Å². The van der Waals surface area contributed by atoms with Crippen LogP contribution in [0.5, 0.6) is 5.75 Å². The summed E-state index contributed by atoms with van der Waals surface area (Å²) in [5.74, 6) is -0.342. The molecular formula is C25H31ClN2O3. The minimum atomic E-state index is -0.473. The first-order valence-electron chi connectivity index (χ1n) is 10.2. The maximum Gasteiger partial charge on any atom is 0.276 e. The van der Waals surface area contributed by atoms with Crippen molar-refractivity contribution in [2.24, 2.45) is 5.41 Å². The molecule has 0 saturated carbocycles. The monoisotopic (exact) mass is 442 g/mol. The van der Waals surface area contributed by atoms with Gasteiger partial charge in [0.1, 0.15) is 5.75 Å². The van der Waals surface area contributed by atoms with Crippen LogP contribution >= 0.6 is 11.6 Å². The van der Waals surface area contributed by atoms with Crippen LogP contribution in [0.4, 0.5) is 0 Å². The van der Waals surface area contributed by atoms with Crippen molar-refractivity contribution in [3.8, 4) is 5.75 Å². The number of carbonyl (C=O) groups is 2. The van der Waals surface area contributed by atoms with Crippen LogP contribution in [-0.2, 0) is 15.0 Å². The number of amides is 2. The normalized spacial score (nSPS) is 11.9. The second kappa shape index (κ2) is 10.5. The number of hydrogen-bond acceptors (Lipinski definition) is 3. The van der Waals surface area contributed by atoms with Gasteiger partial charge in [-0.05, 0) is 52.7 Å². The molecule has 0 aliphatic rings. The van der Waals surface area contributed by atoms with Gasteiger partial charge in [-0.15, -0.1) is 0 Å². The van der Waals surface area contributed by atoms with Gasteiger partial charge in [-0.1, -0.05) is 76.6 Å². The molecule has 5 nitrogen and oxygen atoms in total. The number of hydrogen-bond donors (Lipinski definition) is 2. The van der Waals surface area contributed by atoms with Crippen molar-refractivity contribution in [1.82, 2.24) is 10.9 Å². The third kappa shape index (κ3) is 8.46. The smallest absolute Gasteiger partial charge is 0.276 e. The largest absolute Gasteiger partial charge is 0.484 e. The van der Waals surface area contributed by atoms with Gasteiger partial charge in [0, 0.05) is 11.1 Å². The molecule has 0 unspecified atom stereocenters. The van der Waals surface area contributed by atoms with Crippen LogP contribution in [0.3, 0.4) is 0 Å². The SMILES string of the molecule is CC(C)(C)CC(C)(C)c1ccc(OCC(=O)NNC(=O)/C=C/c2ccccc2Cl)cc1. The highest BCUT2D eigenvalue weighted by molar-refractivity contribution is 6.32. The summed E-state index contributed by atoms with van der Waals surface area (Å²) in [4.78, 5) is 23.8. The van der Waals surface area contributed by atoms with Gasteiger partial charge < -0.3 is 4.74 Å². The molecule has 31 heavy (non-hydrogen) atoms. The first-order chi connectivity index (χ1) is 14.5. The van der Waals surface area contributed by atoms with E-state index in [4.69, 9.17) is 16.3 Å². The Morgan fingerprint density at radius 3 is 2.23 bits per heavy atom. The molecule has 0 spiro atoms. The molecule has 2 aromatic carbocycles. The fraction of sp³-hybridized carbons (Fsp3) is 0.360. The van der Waals surface area contributed by atoms with Crippen molar-refractivity contribution >= 4 is 29.5 Å². The summed E-state index contributed by atoms with van der Waals surface area (Å²) in [7, 11) is 0. The summed E-state index contributed by atoms with van der Waals surface area (Å²) >= 11 is 6.03. The Balaban J connectivity index is 1.79. The molecule has 0 heterocycles. The molecular weight excluding hydrogens is 412 g/mol. The zero-order valence-electron chi connectivity index (χ0n) is 18.8. The summed E-state index contributed by atoms with van der Waals surface area (Å²) in [6, 6.07) is 14.9. The molecule has 166 valence electrons. The predicted molar refractivity (Wildman–Crippen MR) is 126 cm³/mol. The van der Waals surface area contributed by atoms with Crippen LogP contribution in [0.25, 0.3) is 6.08 Å². The van der Waals surface area contributed by atoms with Crippen molar-refractivity contribution in [2.75, 3.05) is 6.61 Å². The van der Waals surface area contributed by atoms with Gasteiger partial charge in [0.25, 0.3) is 11.8 Å². The fourth-order valence-corrected chi connectivity index (χ4v) is 3.76. The van der Waals surface area contributed by atoms with Crippen LogP contribution in [0.15, 0.2) is 54.6 Å². The zero-order valence-corrected chi connectivity index (χ0v) is 19.5. The molecule has 0 fully saturated rings. The third-order valence-corrected chi connectivity index (χ3v) is 4.97. The predicted octanol–water partition coefficient (Wildman–Crippen LogP) is 5.29. The van der Waals surface area contributed by atoms with Crippen molar-refractivity contribution in [3.63, 3.8) is 0 Å². The first-order valence-corrected chi connectivity index (χ1v) is 10.6. The van der Waals surface area contributed by atoms with Crippen molar-refractivity contribution in [3.05, 3.63) is 70.8 Å². The summed E-state index contributed by atoms with van der Waals surface area (Å²) in [6.45, 7) is 10.9. The van der Waals surface area contributed by atoms with Crippen LogP contribution in [0, 0.1) is 5.41 Å². The maximum atomic E-state index is 11.9. The van der Waals surface area contributed by atoms with Gasteiger partial charge >= 0.3 is 0 Å². The Morgan fingerprint density at radius 2 is 1.61 bits per heavy atom. The Labute approximate surface area is 189 Å². The Hall–Kier alpha value is -2.79. The molecule has 2 rings (SSSR count). The number of ether oxygens (including phenoxy) is 1. The van der Waals surface area contributed by atoms with E-state index in [1.165, 1.54) is 11.6 Å². The van der Waals surface area contributed by atoms with E-state index in [1.54, 1.807) is 24.3 Å². The van der Waals surface area contributed by atoms with E-state index >= 15 is 0 Å². The lowest BCUT2D eigenvalue weighted by Crippen LogP contribution is -2.43. The minimum Gasteiger partial charge on any atom is -0.484 e. The Kier molecular flexibility index (Phi) is 8.28. The average molecular weight is 443 g/mol. The van der Waals surface area contributed by atoms with Gasteiger partial charge in [-0.25, -0.2) is 0 Å². The topological polar surface area (TPSA) is 67.4 Å². The Morgan fingerprint density at radius 1 is 0.968 bits per heavy atom. The maximum absolute atomic E-state index is 11.9. The van der Waals surface area contributed by atoms with Crippen LogP contribution < -0.4 is 15.6 Å². The molecule has 0 saturated heterocycles. The van der Waals surface area contributed by atoms with E-state index in [0.29, 0.717) is 16.3 Å². The number of benzene rings is 2. The lowest BCUT2D eigenvalue weighted by molar-refractivity contribution is -0.128. The van der Waals surface area contributed by atoms with Crippen molar-refractivity contribution in [1.29, 1.82) is 0 Å². The highest BCUT2D eigenvalue weighted by Crippen LogP contribution is 2.36. The van der Waals surface area contributed by atoms with Gasteiger partial charge in [-0.2, -0.15) is 0 Å². The zero-order chi connectivity index (χ0) is 23.1. The Bertz CT molecular complexity index is 929. The van der Waals surface area contributed by atoms with Gasteiger partial charge in [0.05, 0.1) is 0 Å². The van der Waals surface area contributed by atoms with Gasteiger partial charge in [-0.3, -0.25) is 20.4 Å². The molecule has 0 atom stereocenters. The summed E-state index contributed by atoms with van der Waals surface area (Å²) in [6.07, 6.45) is 3.91. The number of carbonyl (C=O) groups excluding carboxylic acids is 2. The molecule has 2 N–H and O–H groups in total. The molecule has 2 amide bonds. The van der Waals surface area contributed by atoms with E-state index in [9.17, 15) is 9.59 Å². The van der Waals surface area contributed by atoms with Gasteiger partial charge in [0.2, 0.25) is 0 Å². The van der Waals surface area contributed by atoms with Crippen molar-refractivity contribution in [2.45, 2.75) is 46.5 Å². The molecule has 2 aromatic rings. The summed E-state index contributed by atoms with van der Waals surface area (Å²) in [5.41, 5.74) is 6.82. The standard InChI is InChI=1S/C25H31ClN2O3/c1-24(2,3)17-25(4,5)19-11-13-20(14-12-19)31-16-23(30)28-27-22(29)15-10-18-8-6-7-9-21(18)26/h6-15H,16-17H2,1-5H3,(H,27,29)(H,28,30)/b15-10+. The lowest BCUT2D eigenvalue weighted by Gasteiger charge is -2.33. The summed E-state index contributed by atoms with van der Waals surface area (Å²) < 4.78 is 5.51. The van der Waals surface area contributed by atoms with E-state index in [1.807, 2.05) is 30.3 Å². The molecule has 0 aromatic heterocycles. The summed E-state index contributed by atoms with van der Waals surface area (Å²) in [5, 5.41) is 0.539. The number of hydrazine groups is 1. The lowest BCUT2D eigenvalue weighted by atomic mass is 9.72. The van der Waals surface area contributed by atoms with Crippen molar-refractivity contribution < 1.29 is 14.3 Å². The van der Waals surface area contributed by atoms with Crippen LogP contribution in [-0.4, -0.2) is 18.4 Å². The number of nitrogens with one attached hydrogen (secondary N) is 2.